The summed E-state index contributed by atoms with van der Waals surface area (Å²) in [7, 11) is 1.91. The van der Waals surface area contributed by atoms with Crippen LogP contribution in [0, 0.1) is 4.77 Å². The van der Waals surface area contributed by atoms with Gasteiger partial charge in [-0.1, -0.05) is 0 Å². The Bertz CT molecular complexity index is 352. The van der Waals surface area contributed by atoms with E-state index < -0.39 is 0 Å². The molecule has 0 atom stereocenters. The molecule has 0 aliphatic carbocycles. The van der Waals surface area contributed by atoms with Crippen molar-refractivity contribution in [3.8, 4) is 0 Å². The van der Waals surface area contributed by atoms with E-state index in [1.54, 1.807) is 6.33 Å². The third kappa shape index (κ3) is 2.02. The van der Waals surface area contributed by atoms with Gasteiger partial charge in [-0.3, -0.25) is 4.90 Å². The molecule has 0 aromatic carbocycles. The molecule has 1 aromatic heterocycles. The molecule has 1 fully saturated rings. The van der Waals surface area contributed by atoms with Crippen molar-refractivity contribution in [3.63, 3.8) is 0 Å². The minimum atomic E-state index is 0.761. The van der Waals surface area contributed by atoms with E-state index in [-0.39, 0.29) is 0 Å². The molecule has 2 rings (SSSR count). The Labute approximate surface area is 87.9 Å². The third-order valence-electron chi connectivity index (χ3n) is 2.32. The molecule has 1 aromatic rings. The highest BCUT2D eigenvalue weighted by atomic mass is 32.1. The van der Waals surface area contributed by atoms with Crippen LogP contribution < -0.4 is 0 Å². The second-order valence-electron chi connectivity index (χ2n) is 3.40. The molecule has 1 saturated heterocycles. The van der Waals surface area contributed by atoms with Crippen LogP contribution in [0.5, 0.6) is 0 Å². The number of hydrogen-bond acceptors (Lipinski definition) is 4. The molecule has 0 amide bonds. The lowest BCUT2D eigenvalue weighted by Crippen LogP contribution is -2.37. The summed E-state index contributed by atoms with van der Waals surface area (Å²) in [6, 6.07) is 0. The summed E-state index contributed by atoms with van der Waals surface area (Å²) in [5.41, 5.74) is 0. The van der Waals surface area contributed by atoms with Crippen LogP contribution in [0.15, 0.2) is 6.33 Å². The van der Waals surface area contributed by atoms with Gasteiger partial charge in [-0.05, 0) is 12.2 Å². The van der Waals surface area contributed by atoms with Crippen molar-refractivity contribution < 1.29 is 4.74 Å². The Balaban J connectivity index is 2.02. The van der Waals surface area contributed by atoms with Gasteiger partial charge in [0.25, 0.3) is 0 Å². The van der Waals surface area contributed by atoms with Gasteiger partial charge in [-0.15, -0.1) is 0 Å². The first-order chi connectivity index (χ1) is 6.77. The average Bonchev–Trinajstić information content (AvgIpc) is 2.52. The fourth-order valence-corrected chi connectivity index (χ4v) is 1.60. The number of morpholine rings is 1. The van der Waals surface area contributed by atoms with Crippen molar-refractivity contribution in [1.82, 2.24) is 19.2 Å². The van der Waals surface area contributed by atoms with Crippen LogP contribution in [0.2, 0.25) is 0 Å². The molecule has 0 N–H and O–H groups in total. The standard InChI is InChI=1S/C8H14N4OS/c1-10-6-9-12(8(10)14)7-11-2-4-13-5-3-11/h6H,2-5,7H2,1H3. The van der Waals surface area contributed by atoms with E-state index in [4.69, 9.17) is 17.0 Å². The second kappa shape index (κ2) is 4.20. The van der Waals surface area contributed by atoms with Gasteiger partial charge in [-0.25, -0.2) is 4.68 Å². The van der Waals surface area contributed by atoms with Crippen LogP contribution in [-0.4, -0.2) is 45.6 Å². The van der Waals surface area contributed by atoms with E-state index in [0.717, 1.165) is 37.7 Å². The van der Waals surface area contributed by atoms with Gasteiger partial charge in [0, 0.05) is 20.1 Å². The van der Waals surface area contributed by atoms with E-state index in [0.29, 0.717) is 0 Å². The van der Waals surface area contributed by atoms with Crippen LogP contribution in [0.4, 0.5) is 0 Å². The van der Waals surface area contributed by atoms with Crippen LogP contribution in [0.1, 0.15) is 0 Å². The predicted octanol–water partition coefficient (Wildman–Crippen LogP) is 0.241. The molecule has 6 heteroatoms. The molecule has 0 bridgehead atoms. The highest BCUT2D eigenvalue weighted by molar-refractivity contribution is 7.71. The minimum absolute atomic E-state index is 0.761. The minimum Gasteiger partial charge on any atom is -0.379 e. The highest BCUT2D eigenvalue weighted by Gasteiger charge is 2.11. The van der Waals surface area contributed by atoms with Crippen molar-refractivity contribution in [3.05, 3.63) is 11.1 Å². The van der Waals surface area contributed by atoms with Gasteiger partial charge in [0.15, 0.2) is 4.77 Å². The number of hydrogen-bond donors (Lipinski definition) is 0. The van der Waals surface area contributed by atoms with Gasteiger partial charge in [-0.2, -0.15) is 5.10 Å². The fraction of sp³-hybridized carbons (Fsp3) is 0.750. The summed E-state index contributed by atoms with van der Waals surface area (Å²) in [6.07, 6.45) is 1.74. The summed E-state index contributed by atoms with van der Waals surface area (Å²) in [6.45, 7) is 4.29. The van der Waals surface area contributed by atoms with E-state index >= 15 is 0 Å². The van der Waals surface area contributed by atoms with E-state index in [1.807, 2.05) is 16.3 Å². The maximum Gasteiger partial charge on any atom is 0.198 e. The first-order valence-electron chi connectivity index (χ1n) is 4.66. The van der Waals surface area contributed by atoms with Crippen LogP contribution in [0.3, 0.4) is 0 Å². The van der Waals surface area contributed by atoms with Gasteiger partial charge in [0.05, 0.1) is 19.9 Å². The maximum atomic E-state index is 5.27. The quantitative estimate of drug-likeness (QED) is 0.661. The Morgan fingerprint density at radius 2 is 2.21 bits per heavy atom. The van der Waals surface area contributed by atoms with Crippen LogP contribution >= 0.6 is 12.2 Å². The van der Waals surface area contributed by atoms with E-state index in [1.165, 1.54) is 0 Å². The smallest absolute Gasteiger partial charge is 0.198 e. The lowest BCUT2D eigenvalue weighted by atomic mass is 10.4. The highest BCUT2D eigenvalue weighted by Crippen LogP contribution is 2.00. The Morgan fingerprint density at radius 1 is 1.50 bits per heavy atom. The van der Waals surface area contributed by atoms with Crippen LogP contribution in [-0.2, 0) is 18.5 Å². The van der Waals surface area contributed by atoms with Gasteiger partial charge in [0.2, 0.25) is 0 Å². The molecule has 78 valence electrons. The first kappa shape index (κ1) is 9.82. The zero-order valence-corrected chi connectivity index (χ0v) is 9.03. The lowest BCUT2D eigenvalue weighted by molar-refractivity contribution is 0.0209. The second-order valence-corrected chi connectivity index (χ2v) is 3.76. The topological polar surface area (TPSA) is 35.2 Å². The van der Waals surface area contributed by atoms with E-state index in [9.17, 15) is 0 Å². The van der Waals surface area contributed by atoms with Gasteiger partial charge < -0.3 is 9.30 Å². The molecule has 1 aliphatic rings. The molecular formula is C8H14N4OS. The average molecular weight is 214 g/mol. The first-order valence-corrected chi connectivity index (χ1v) is 5.07. The zero-order chi connectivity index (χ0) is 9.97. The summed E-state index contributed by atoms with van der Waals surface area (Å²) >= 11 is 5.20. The molecular weight excluding hydrogens is 200 g/mol. The summed E-state index contributed by atoms with van der Waals surface area (Å²) in [4.78, 5) is 2.28. The fourth-order valence-electron chi connectivity index (χ4n) is 1.45. The molecule has 5 nitrogen and oxygen atoms in total. The summed E-state index contributed by atoms with van der Waals surface area (Å²) < 4.78 is 9.71. The van der Waals surface area contributed by atoms with E-state index in [2.05, 4.69) is 10.00 Å². The van der Waals surface area contributed by atoms with Crippen molar-refractivity contribution in [2.24, 2.45) is 7.05 Å². The molecule has 0 unspecified atom stereocenters. The van der Waals surface area contributed by atoms with Gasteiger partial charge in [0.1, 0.15) is 6.33 Å². The Kier molecular flexibility index (Phi) is 2.95. The Morgan fingerprint density at radius 3 is 2.79 bits per heavy atom. The van der Waals surface area contributed by atoms with Crippen molar-refractivity contribution in [1.29, 1.82) is 0 Å². The zero-order valence-electron chi connectivity index (χ0n) is 8.22. The SMILES string of the molecule is Cn1cnn(CN2CCOCC2)c1=S. The third-order valence-corrected chi connectivity index (χ3v) is 2.82. The lowest BCUT2D eigenvalue weighted by Gasteiger charge is -2.25. The maximum absolute atomic E-state index is 5.27. The number of rotatable bonds is 2. The molecule has 0 spiro atoms. The van der Waals surface area contributed by atoms with Gasteiger partial charge >= 0.3 is 0 Å². The summed E-state index contributed by atoms with van der Waals surface area (Å²) in [5, 5.41) is 4.20. The molecule has 14 heavy (non-hydrogen) atoms. The summed E-state index contributed by atoms with van der Waals surface area (Å²) in [5.74, 6) is 0. The number of aromatic nitrogens is 3. The monoisotopic (exact) mass is 214 g/mol. The largest absolute Gasteiger partial charge is 0.379 e. The normalized spacial score (nSPS) is 18.6. The molecule has 0 radical (unpaired) electrons. The van der Waals surface area contributed by atoms with Crippen LogP contribution in [0.25, 0.3) is 0 Å². The molecule has 1 aliphatic heterocycles. The number of aryl methyl sites for hydroxylation is 1. The Hall–Kier alpha value is -0.720. The molecule has 2 heterocycles. The van der Waals surface area contributed by atoms with Crippen molar-refractivity contribution in [2.45, 2.75) is 6.67 Å². The molecule has 0 saturated carbocycles. The number of nitrogens with zero attached hydrogens (tertiary/aromatic N) is 4. The number of ether oxygens (including phenoxy) is 1. The van der Waals surface area contributed by atoms with Crippen molar-refractivity contribution in [2.75, 3.05) is 26.3 Å². The van der Waals surface area contributed by atoms with Crippen molar-refractivity contribution >= 4 is 12.2 Å². The predicted molar refractivity (Wildman–Crippen MR) is 54.4 cm³/mol.